The highest BCUT2D eigenvalue weighted by Gasteiger charge is 2.48. The number of hydrogen-bond acceptors (Lipinski definition) is 2. The number of nitrogens with zero attached hydrogens (tertiary/aromatic N) is 1. The monoisotopic (exact) mass is 516 g/mol. The lowest BCUT2D eigenvalue weighted by Gasteiger charge is -2.35. The summed E-state index contributed by atoms with van der Waals surface area (Å²) in [6, 6.07) is 0. The highest BCUT2D eigenvalue weighted by molar-refractivity contribution is 7.53. The standard InChI is InChI=1S/C29H58NO4P/c1-5-6-7-8-9-10-11-12-13-14-15-16-17-18-19-20-21-22-23-24-25-26-27-29(31,35(32,33)34)28-30(2,3)4/h9-10,21-22,31H,5-8,11-20,23-28H2,1-4H3,(H-,32,33,34)/p+1/b10-9-,22-21-. The van der Waals surface area contributed by atoms with Gasteiger partial charge in [-0.05, 0) is 64.2 Å². The van der Waals surface area contributed by atoms with Crippen LogP contribution in [0.25, 0.3) is 0 Å². The lowest BCUT2D eigenvalue weighted by atomic mass is 10.1. The second kappa shape index (κ2) is 20.6. The van der Waals surface area contributed by atoms with Crippen molar-refractivity contribution in [1.29, 1.82) is 0 Å². The van der Waals surface area contributed by atoms with E-state index in [1.165, 1.54) is 83.5 Å². The summed E-state index contributed by atoms with van der Waals surface area (Å²) in [5, 5.41) is 8.63. The molecule has 3 N–H and O–H groups in total. The predicted molar refractivity (Wildman–Crippen MR) is 152 cm³/mol. The van der Waals surface area contributed by atoms with E-state index in [0.29, 0.717) is 10.9 Å². The molecule has 0 fully saturated rings. The highest BCUT2D eigenvalue weighted by Crippen LogP contribution is 2.52. The van der Waals surface area contributed by atoms with E-state index in [1.807, 2.05) is 21.1 Å². The second-order valence-electron chi connectivity index (χ2n) is 11.4. The van der Waals surface area contributed by atoms with Crippen molar-refractivity contribution in [3.63, 3.8) is 0 Å². The molecule has 6 heteroatoms. The minimum atomic E-state index is -4.56. The van der Waals surface area contributed by atoms with Gasteiger partial charge in [-0.25, -0.2) is 0 Å². The van der Waals surface area contributed by atoms with Crippen LogP contribution >= 0.6 is 7.60 Å². The molecule has 0 saturated carbocycles. The van der Waals surface area contributed by atoms with Crippen LogP contribution in [0, 0.1) is 0 Å². The molecule has 208 valence electrons. The van der Waals surface area contributed by atoms with Gasteiger partial charge in [-0.1, -0.05) is 89.0 Å². The molecule has 5 nitrogen and oxygen atoms in total. The van der Waals surface area contributed by atoms with E-state index in [1.54, 1.807) is 0 Å². The molecule has 1 atom stereocenters. The zero-order valence-electron chi connectivity index (χ0n) is 23.6. The van der Waals surface area contributed by atoms with Crippen LogP contribution in [0.1, 0.15) is 129 Å². The Morgan fingerprint density at radius 1 is 0.629 bits per heavy atom. The first kappa shape index (κ1) is 34.6. The molecule has 0 amide bonds. The fourth-order valence-electron chi connectivity index (χ4n) is 4.49. The van der Waals surface area contributed by atoms with Crippen LogP contribution in [0.15, 0.2) is 24.3 Å². The number of aliphatic hydroxyl groups is 1. The molecule has 35 heavy (non-hydrogen) atoms. The van der Waals surface area contributed by atoms with E-state index in [-0.39, 0.29) is 13.0 Å². The highest BCUT2D eigenvalue weighted by atomic mass is 31.2. The number of allylic oxidation sites excluding steroid dienone is 4. The van der Waals surface area contributed by atoms with E-state index in [0.717, 1.165) is 25.7 Å². The smallest absolute Gasteiger partial charge is 0.362 e. The van der Waals surface area contributed by atoms with Crippen molar-refractivity contribution in [2.45, 2.75) is 134 Å². The summed E-state index contributed by atoms with van der Waals surface area (Å²) < 4.78 is 12.1. The third kappa shape index (κ3) is 21.4. The van der Waals surface area contributed by atoms with Gasteiger partial charge in [0.1, 0.15) is 6.54 Å². The number of hydrogen-bond donors (Lipinski definition) is 3. The maximum Gasteiger partial charge on any atom is 0.362 e. The summed E-state index contributed by atoms with van der Waals surface area (Å²) in [7, 11) is 0.949. The van der Waals surface area contributed by atoms with Crippen LogP contribution in [0.5, 0.6) is 0 Å². The minimum Gasteiger partial charge on any atom is -0.373 e. The quantitative estimate of drug-likeness (QED) is 0.0524. The molecule has 0 aliphatic rings. The predicted octanol–water partition coefficient (Wildman–Crippen LogP) is 8.10. The fraction of sp³-hybridized carbons (Fsp3) is 0.862. The maximum absolute atomic E-state index is 11.8. The first-order valence-electron chi connectivity index (χ1n) is 14.4. The SMILES string of the molecule is CCCCC/C=C\CCCCCCCCCC/C=C\CCCCCC(O)(C[N+](C)(C)C)P(=O)(O)O. The Hall–Kier alpha value is -0.450. The average molecular weight is 517 g/mol. The summed E-state index contributed by atoms with van der Waals surface area (Å²) in [6.07, 6.45) is 31.3. The second-order valence-corrected chi connectivity index (χ2v) is 13.3. The molecule has 0 rings (SSSR count). The topological polar surface area (TPSA) is 77.8 Å². The Bertz CT molecular complexity index is 594. The van der Waals surface area contributed by atoms with Gasteiger partial charge in [-0.2, -0.15) is 0 Å². The Kier molecular flexibility index (Phi) is 20.3. The van der Waals surface area contributed by atoms with Crippen LogP contribution in [0.4, 0.5) is 0 Å². The zero-order valence-corrected chi connectivity index (χ0v) is 24.5. The fourth-order valence-corrected chi connectivity index (χ4v) is 5.55. The minimum absolute atomic E-state index is 0.0496. The summed E-state index contributed by atoms with van der Waals surface area (Å²) in [4.78, 5) is 19.2. The molecular formula is C29H59NO4P+. The van der Waals surface area contributed by atoms with Gasteiger partial charge in [0.2, 0.25) is 5.34 Å². The van der Waals surface area contributed by atoms with E-state index in [2.05, 4.69) is 31.2 Å². The molecule has 0 aromatic heterocycles. The van der Waals surface area contributed by atoms with Crippen LogP contribution < -0.4 is 0 Å². The summed E-state index contributed by atoms with van der Waals surface area (Å²) in [6.45, 7) is 2.31. The number of unbranched alkanes of at least 4 members (excludes halogenated alkanes) is 15. The molecular weight excluding hydrogens is 457 g/mol. The van der Waals surface area contributed by atoms with E-state index in [9.17, 15) is 19.5 Å². The third-order valence-corrected chi connectivity index (χ3v) is 7.97. The van der Waals surface area contributed by atoms with Gasteiger partial charge in [0, 0.05) is 0 Å². The van der Waals surface area contributed by atoms with Crippen molar-refractivity contribution in [3.8, 4) is 0 Å². The molecule has 0 aliphatic heterocycles. The molecule has 0 heterocycles. The molecule has 0 bridgehead atoms. The van der Waals surface area contributed by atoms with E-state index >= 15 is 0 Å². The lowest BCUT2D eigenvalue weighted by Crippen LogP contribution is -2.49. The maximum atomic E-state index is 11.8. The van der Waals surface area contributed by atoms with Crippen LogP contribution in [-0.2, 0) is 4.57 Å². The van der Waals surface area contributed by atoms with Gasteiger partial charge in [0.15, 0.2) is 0 Å². The van der Waals surface area contributed by atoms with E-state index < -0.39 is 12.9 Å². The number of rotatable bonds is 24. The zero-order chi connectivity index (χ0) is 26.5. The molecule has 0 aromatic rings. The Labute approximate surface area is 217 Å². The van der Waals surface area contributed by atoms with Gasteiger partial charge < -0.3 is 19.4 Å². The Balaban J connectivity index is 3.58. The van der Waals surface area contributed by atoms with Crippen molar-refractivity contribution < 1.29 is 23.9 Å². The first-order chi connectivity index (χ1) is 16.5. The van der Waals surface area contributed by atoms with Gasteiger partial charge in [0.25, 0.3) is 0 Å². The molecule has 0 aliphatic carbocycles. The van der Waals surface area contributed by atoms with Crippen molar-refractivity contribution in [2.24, 2.45) is 0 Å². The molecule has 0 spiro atoms. The number of quaternary nitrogens is 1. The summed E-state index contributed by atoms with van der Waals surface area (Å²) in [5.41, 5.74) is 0. The molecule has 0 radical (unpaired) electrons. The van der Waals surface area contributed by atoms with Crippen molar-refractivity contribution in [2.75, 3.05) is 27.7 Å². The Morgan fingerprint density at radius 2 is 0.971 bits per heavy atom. The largest absolute Gasteiger partial charge is 0.373 e. The summed E-state index contributed by atoms with van der Waals surface area (Å²) >= 11 is 0. The number of likely N-dealkylation sites (N-methyl/N-ethyl adjacent to an activating group) is 1. The van der Waals surface area contributed by atoms with E-state index in [4.69, 9.17) is 0 Å². The van der Waals surface area contributed by atoms with Crippen LogP contribution in [0.2, 0.25) is 0 Å². The van der Waals surface area contributed by atoms with Gasteiger partial charge in [-0.3, -0.25) is 4.57 Å². The van der Waals surface area contributed by atoms with Gasteiger partial charge in [-0.15, -0.1) is 0 Å². The molecule has 0 aromatic carbocycles. The average Bonchev–Trinajstić information content (AvgIpc) is 2.75. The first-order valence-corrected chi connectivity index (χ1v) is 16.0. The van der Waals surface area contributed by atoms with Crippen molar-refractivity contribution in [1.82, 2.24) is 0 Å². The molecule has 1 unspecified atom stereocenters. The normalized spacial score (nSPS) is 14.8. The van der Waals surface area contributed by atoms with Crippen molar-refractivity contribution in [3.05, 3.63) is 24.3 Å². The Morgan fingerprint density at radius 3 is 1.31 bits per heavy atom. The van der Waals surface area contributed by atoms with Crippen LogP contribution in [0.3, 0.4) is 0 Å². The van der Waals surface area contributed by atoms with Gasteiger partial charge >= 0.3 is 7.60 Å². The van der Waals surface area contributed by atoms with Gasteiger partial charge in [0.05, 0.1) is 21.1 Å². The third-order valence-electron chi connectivity index (χ3n) is 6.52. The van der Waals surface area contributed by atoms with Crippen molar-refractivity contribution >= 4 is 7.60 Å². The van der Waals surface area contributed by atoms with Crippen LogP contribution in [-0.4, -0.2) is 52.4 Å². The lowest BCUT2D eigenvalue weighted by molar-refractivity contribution is -0.875. The molecule has 0 saturated heterocycles. The summed E-state index contributed by atoms with van der Waals surface area (Å²) in [5.74, 6) is 0.